The van der Waals surface area contributed by atoms with Crippen LogP contribution in [0.15, 0.2) is 77.3 Å². The van der Waals surface area contributed by atoms with Gasteiger partial charge in [0.25, 0.3) is 5.91 Å². The highest BCUT2D eigenvalue weighted by atomic mass is 35.5. The predicted molar refractivity (Wildman–Crippen MR) is 163 cm³/mol. The van der Waals surface area contributed by atoms with Crippen molar-refractivity contribution < 1.29 is 18.8 Å². The second-order valence-corrected chi connectivity index (χ2v) is 11.3. The Kier molecular flexibility index (Phi) is 8.99. The summed E-state index contributed by atoms with van der Waals surface area (Å²) in [7, 11) is 0. The molecule has 1 fully saturated rings. The van der Waals surface area contributed by atoms with Gasteiger partial charge in [-0.05, 0) is 74.5 Å². The molecule has 3 atom stereocenters. The number of furan rings is 1. The lowest BCUT2D eigenvalue weighted by molar-refractivity contribution is -0.137. The Bertz CT molecular complexity index is 1570. The molecular weight excluding hydrogens is 577 g/mol. The van der Waals surface area contributed by atoms with Gasteiger partial charge in [-0.15, -0.1) is 0 Å². The number of carbonyl (C=O) groups is 3. The van der Waals surface area contributed by atoms with Gasteiger partial charge in [0.2, 0.25) is 11.8 Å². The number of halogens is 2. The number of rotatable bonds is 8. The van der Waals surface area contributed by atoms with Gasteiger partial charge in [0.1, 0.15) is 11.6 Å². The minimum Gasteiger partial charge on any atom is -0.451 e. The van der Waals surface area contributed by atoms with Gasteiger partial charge in [0.05, 0.1) is 6.54 Å². The molecular formula is C31H31Cl2N5O4. The SMILES string of the molecule is CC1CN(c2ccc(Cl)cc2)CC(C)N1C(=O)CNC(=O)C(Cc1ccccn1)NC(=O)c1cc2cc(Cl)ccc2o1. The molecule has 0 radical (unpaired) electrons. The number of piperazine rings is 1. The summed E-state index contributed by atoms with van der Waals surface area (Å²) in [5.41, 5.74) is 2.15. The molecule has 5 rings (SSSR count). The minimum atomic E-state index is -0.992. The van der Waals surface area contributed by atoms with Crippen LogP contribution in [0.1, 0.15) is 30.1 Å². The standard InChI is InChI=1S/C31H31Cl2N5O4/c1-19-17-37(25-9-6-22(32)7-10-25)18-20(2)38(19)29(39)16-35-30(40)26(15-24-5-3-4-12-34-24)36-31(41)28-14-21-13-23(33)8-11-27(21)42-28/h3-14,19-20,26H,15-18H2,1-2H3,(H,35,40)(H,36,41). The molecule has 9 nitrogen and oxygen atoms in total. The van der Waals surface area contributed by atoms with Gasteiger partial charge in [-0.3, -0.25) is 19.4 Å². The van der Waals surface area contributed by atoms with Crippen LogP contribution in [0.3, 0.4) is 0 Å². The molecule has 1 saturated heterocycles. The molecule has 1 aliphatic rings. The zero-order valence-corrected chi connectivity index (χ0v) is 24.7. The normalized spacial score (nSPS) is 17.6. The molecule has 2 aromatic heterocycles. The first kappa shape index (κ1) is 29.4. The summed E-state index contributed by atoms with van der Waals surface area (Å²) in [6.07, 6.45) is 1.75. The van der Waals surface area contributed by atoms with Crippen molar-refractivity contribution in [2.45, 2.75) is 38.4 Å². The molecule has 4 aromatic rings. The van der Waals surface area contributed by atoms with E-state index >= 15 is 0 Å². The molecule has 218 valence electrons. The van der Waals surface area contributed by atoms with Crippen molar-refractivity contribution in [3.63, 3.8) is 0 Å². The average molecular weight is 609 g/mol. The van der Waals surface area contributed by atoms with E-state index in [9.17, 15) is 14.4 Å². The predicted octanol–water partition coefficient (Wildman–Crippen LogP) is 4.72. The highest BCUT2D eigenvalue weighted by Crippen LogP contribution is 2.25. The molecule has 3 amide bonds. The van der Waals surface area contributed by atoms with E-state index in [1.165, 1.54) is 0 Å². The average Bonchev–Trinajstić information content (AvgIpc) is 3.39. The highest BCUT2D eigenvalue weighted by Gasteiger charge is 2.33. The third kappa shape index (κ3) is 6.86. The monoisotopic (exact) mass is 607 g/mol. The molecule has 0 spiro atoms. The maximum atomic E-state index is 13.4. The molecule has 42 heavy (non-hydrogen) atoms. The van der Waals surface area contributed by atoms with Crippen molar-refractivity contribution >= 4 is 57.6 Å². The smallest absolute Gasteiger partial charge is 0.287 e. The van der Waals surface area contributed by atoms with Crippen LogP contribution in [0.25, 0.3) is 11.0 Å². The van der Waals surface area contributed by atoms with Crippen LogP contribution in [0.2, 0.25) is 10.0 Å². The summed E-state index contributed by atoms with van der Waals surface area (Å²) in [5, 5.41) is 7.34. The van der Waals surface area contributed by atoms with E-state index < -0.39 is 17.9 Å². The number of carbonyl (C=O) groups excluding carboxylic acids is 3. The number of benzene rings is 2. The fourth-order valence-corrected chi connectivity index (χ4v) is 5.65. The van der Waals surface area contributed by atoms with Gasteiger partial charge in [0, 0.05) is 64.6 Å². The number of fused-ring (bicyclic) bond motifs is 1. The lowest BCUT2D eigenvalue weighted by atomic mass is 10.1. The van der Waals surface area contributed by atoms with Gasteiger partial charge in [0.15, 0.2) is 5.76 Å². The molecule has 2 aromatic carbocycles. The number of nitrogens with one attached hydrogen (secondary N) is 2. The molecule has 3 heterocycles. The third-order valence-corrected chi connectivity index (χ3v) is 7.76. The van der Waals surface area contributed by atoms with Crippen LogP contribution in [-0.2, 0) is 16.0 Å². The maximum absolute atomic E-state index is 13.4. The lowest BCUT2D eigenvalue weighted by Gasteiger charge is -2.45. The molecule has 1 aliphatic heterocycles. The Morgan fingerprint density at radius 2 is 1.69 bits per heavy atom. The topological polar surface area (TPSA) is 108 Å². The van der Waals surface area contributed by atoms with Gasteiger partial charge in [-0.1, -0.05) is 29.3 Å². The summed E-state index contributed by atoms with van der Waals surface area (Å²) in [4.78, 5) is 48.1. The van der Waals surface area contributed by atoms with Crippen LogP contribution in [-0.4, -0.2) is 65.4 Å². The zero-order valence-electron chi connectivity index (χ0n) is 23.2. The molecule has 11 heteroatoms. The van der Waals surface area contributed by atoms with E-state index in [0.717, 1.165) is 5.69 Å². The molecule has 0 bridgehead atoms. The first-order valence-electron chi connectivity index (χ1n) is 13.7. The quantitative estimate of drug-likeness (QED) is 0.300. The van der Waals surface area contributed by atoms with E-state index in [-0.39, 0.29) is 36.7 Å². The molecule has 0 aliphatic carbocycles. The van der Waals surface area contributed by atoms with Crippen molar-refractivity contribution in [1.29, 1.82) is 0 Å². The summed E-state index contributed by atoms with van der Waals surface area (Å²) in [5.74, 6) is -1.22. The Balaban J connectivity index is 1.24. The molecule has 0 saturated carbocycles. The Labute approximate surface area is 253 Å². The fraction of sp³-hybridized carbons (Fsp3) is 0.290. The van der Waals surface area contributed by atoms with Crippen LogP contribution in [0.5, 0.6) is 0 Å². The van der Waals surface area contributed by atoms with E-state index in [0.29, 0.717) is 39.8 Å². The van der Waals surface area contributed by atoms with E-state index in [4.69, 9.17) is 27.6 Å². The second-order valence-electron chi connectivity index (χ2n) is 10.4. The Morgan fingerprint density at radius 3 is 2.38 bits per heavy atom. The molecule has 2 N–H and O–H groups in total. The summed E-state index contributed by atoms with van der Waals surface area (Å²) in [6.45, 7) is 5.07. The van der Waals surface area contributed by atoms with Crippen molar-refractivity contribution in [3.8, 4) is 0 Å². The van der Waals surface area contributed by atoms with Crippen LogP contribution >= 0.6 is 23.2 Å². The number of amides is 3. The van der Waals surface area contributed by atoms with Crippen molar-refractivity contribution in [2.24, 2.45) is 0 Å². The van der Waals surface area contributed by atoms with Crippen molar-refractivity contribution in [3.05, 3.63) is 94.4 Å². The first-order valence-corrected chi connectivity index (χ1v) is 14.4. The second kappa shape index (κ2) is 12.8. The van der Waals surface area contributed by atoms with Gasteiger partial charge >= 0.3 is 0 Å². The van der Waals surface area contributed by atoms with Crippen LogP contribution in [0, 0.1) is 0 Å². The number of hydrogen-bond donors (Lipinski definition) is 2. The summed E-state index contributed by atoms with van der Waals surface area (Å²) in [6, 6.07) is 18.4. The van der Waals surface area contributed by atoms with Crippen LogP contribution < -0.4 is 15.5 Å². The number of hydrogen-bond acceptors (Lipinski definition) is 6. The first-order chi connectivity index (χ1) is 20.2. The Morgan fingerprint density at radius 1 is 0.976 bits per heavy atom. The number of aromatic nitrogens is 1. The largest absolute Gasteiger partial charge is 0.451 e. The van der Waals surface area contributed by atoms with Gasteiger partial charge in [-0.25, -0.2) is 0 Å². The maximum Gasteiger partial charge on any atom is 0.287 e. The van der Waals surface area contributed by atoms with Gasteiger partial charge in [-0.2, -0.15) is 0 Å². The van der Waals surface area contributed by atoms with E-state index in [2.05, 4.69) is 20.5 Å². The number of pyridine rings is 1. The zero-order chi connectivity index (χ0) is 29.8. The lowest BCUT2D eigenvalue weighted by Crippen LogP contribution is -2.60. The highest BCUT2D eigenvalue weighted by molar-refractivity contribution is 6.31. The Hall–Kier alpha value is -4.08. The van der Waals surface area contributed by atoms with Crippen molar-refractivity contribution in [2.75, 3.05) is 24.5 Å². The molecule has 3 unspecified atom stereocenters. The summed E-state index contributed by atoms with van der Waals surface area (Å²) < 4.78 is 5.67. The van der Waals surface area contributed by atoms with Gasteiger partial charge < -0.3 is 24.9 Å². The van der Waals surface area contributed by atoms with E-state index in [1.807, 2.05) is 38.1 Å². The minimum absolute atomic E-state index is 0.0448. The number of nitrogens with zero attached hydrogens (tertiary/aromatic N) is 3. The van der Waals surface area contributed by atoms with E-state index in [1.54, 1.807) is 53.6 Å². The fourth-order valence-electron chi connectivity index (χ4n) is 5.35. The van der Waals surface area contributed by atoms with Crippen molar-refractivity contribution in [1.82, 2.24) is 20.5 Å². The third-order valence-electron chi connectivity index (χ3n) is 7.28. The summed E-state index contributed by atoms with van der Waals surface area (Å²) >= 11 is 12.1. The number of anilines is 1. The van der Waals surface area contributed by atoms with Crippen LogP contribution in [0.4, 0.5) is 5.69 Å².